The van der Waals surface area contributed by atoms with Crippen LogP contribution < -0.4 is 5.73 Å². The molecule has 1 fully saturated rings. The van der Waals surface area contributed by atoms with E-state index in [-0.39, 0.29) is 0 Å². The number of benzene rings is 1. The molecule has 0 aromatic heterocycles. The van der Waals surface area contributed by atoms with E-state index in [4.69, 9.17) is 5.73 Å². The molecule has 0 amide bonds. The van der Waals surface area contributed by atoms with Crippen LogP contribution in [0.5, 0.6) is 0 Å². The average molecular weight is 359 g/mol. The van der Waals surface area contributed by atoms with Gasteiger partial charge >= 0.3 is 6.18 Å². The summed E-state index contributed by atoms with van der Waals surface area (Å²) < 4.78 is 52.0. The third-order valence-corrected chi connectivity index (χ3v) is 4.73. The summed E-state index contributed by atoms with van der Waals surface area (Å²) in [6.45, 7) is 12.1. The van der Waals surface area contributed by atoms with Crippen LogP contribution >= 0.6 is 0 Å². The molecular weight excluding hydrogens is 334 g/mol. The van der Waals surface area contributed by atoms with Gasteiger partial charge in [-0.25, -0.2) is 4.39 Å². The van der Waals surface area contributed by atoms with Crippen LogP contribution in [0.3, 0.4) is 0 Å². The molecule has 1 saturated heterocycles. The third kappa shape index (κ3) is 4.95. The molecule has 3 nitrogen and oxygen atoms in total. The smallest absolute Gasteiger partial charge is 0.402 e. The quantitative estimate of drug-likeness (QED) is 0.818. The Morgan fingerprint density at radius 2 is 1.80 bits per heavy atom. The summed E-state index contributed by atoms with van der Waals surface area (Å²) >= 11 is 0. The maximum absolute atomic E-state index is 13.9. The lowest BCUT2D eigenvalue weighted by molar-refractivity contribution is -0.140. The van der Waals surface area contributed by atoms with Crippen molar-refractivity contribution in [1.82, 2.24) is 9.80 Å². The lowest BCUT2D eigenvalue weighted by Gasteiger charge is -2.38. The van der Waals surface area contributed by atoms with Crippen LogP contribution in [0.15, 0.2) is 30.5 Å². The molecule has 1 atom stereocenters. The first-order valence-corrected chi connectivity index (χ1v) is 8.37. The Hall–Kier alpha value is -1.60. The molecule has 0 aliphatic carbocycles. The Balaban J connectivity index is 2.12. The van der Waals surface area contributed by atoms with Gasteiger partial charge < -0.3 is 5.73 Å². The molecule has 7 heteroatoms. The molecule has 2 N–H and O–H groups in total. The maximum atomic E-state index is 13.9. The Labute approximate surface area is 146 Å². The number of halogens is 4. The molecule has 1 heterocycles. The lowest BCUT2D eigenvalue weighted by atomic mass is 9.94. The number of nitrogens with two attached hydrogens (primary N) is 1. The van der Waals surface area contributed by atoms with Gasteiger partial charge in [-0.15, -0.1) is 0 Å². The normalized spacial score (nSPS) is 18.5. The fourth-order valence-electron chi connectivity index (χ4n) is 3.14. The van der Waals surface area contributed by atoms with E-state index >= 15 is 0 Å². The fraction of sp³-hybridized carbons (Fsp3) is 0.556. The second kappa shape index (κ2) is 7.74. The van der Waals surface area contributed by atoms with Gasteiger partial charge in [0.05, 0.1) is 5.56 Å². The topological polar surface area (TPSA) is 32.5 Å². The number of nitrogens with zero attached hydrogens (tertiary/aromatic N) is 2. The SMILES string of the molecule is C=C(N)[C@H](CN1CCN(C(C)C)CC1)c1ccc(C(F)(F)F)c(F)c1. The molecule has 0 bridgehead atoms. The van der Waals surface area contributed by atoms with Crippen LogP contribution in [-0.4, -0.2) is 48.6 Å². The number of alkyl halides is 3. The standard InChI is InChI=1S/C18H25F4N3/c1-12(2)25-8-6-24(7-9-25)11-15(13(3)23)14-4-5-16(17(19)10-14)18(20,21)22/h4-5,10,12,15H,3,6-9,11,23H2,1-2H3/t15-/m0/s1. The summed E-state index contributed by atoms with van der Waals surface area (Å²) in [5, 5.41) is 0. The molecule has 1 aliphatic rings. The minimum Gasteiger partial charge on any atom is -0.402 e. The van der Waals surface area contributed by atoms with E-state index in [1.54, 1.807) is 0 Å². The molecule has 2 rings (SSSR count). The first-order chi connectivity index (χ1) is 11.6. The summed E-state index contributed by atoms with van der Waals surface area (Å²) in [4.78, 5) is 4.55. The van der Waals surface area contributed by atoms with E-state index in [1.807, 2.05) is 0 Å². The van der Waals surface area contributed by atoms with E-state index in [9.17, 15) is 17.6 Å². The van der Waals surface area contributed by atoms with Gasteiger partial charge in [0.15, 0.2) is 0 Å². The van der Waals surface area contributed by atoms with Crippen molar-refractivity contribution in [2.45, 2.75) is 32.0 Å². The monoisotopic (exact) mass is 359 g/mol. The number of piperazine rings is 1. The highest BCUT2D eigenvalue weighted by Crippen LogP contribution is 2.33. The van der Waals surface area contributed by atoms with E-state index < -0.39 is 23.5 Å². The van der Waals surface area contributed by atoms with Gasteiger partial charge in [0, 0.05) is 50.4 Å². The molecule has 140 valence electrons. The molecule has 1 aromatic carbocycles. The number of rotatable bonds is 5. The van der Waals surface area contributed by atoms with Crippen LogP contribution in [0.4, 0.5) is 17.6 Å². The van der Waals surface area contributed by atoms with Crippen LogP contribution in [-0.2, 0) is 6.18 Å². The summed E-state index contributed by atoms with van der Waals surface area (Å²) in [5.41, 5.74) is 5.34. The van der Waals surface area contributed by atoms with Crippen molar-refractivity contribution >= 4 is 0 Å². The predicted octanol–water partition coefficient (Wildman–Crippen LogP) is 3.43. The van der Waals surface area contributed by atoms with Crippen LogP contribution in [0.1, 0.15) is 30.9 Å². The van der Waals surface area contributed by atoms with Gasteiger partial charge in [0.25, 0.3) is 0 Å². The van der Waals surface area contributed by atoms with Crippen LogP contribution in [0, 0.1) is 5.82 Å². The molecule has 0 unspecified atom stereocenters. The van der Waals surface area contributed by atoms with Crippen molar-refractivity contribution in [3.8, 4) is 0 Å². The van der Waals surface area contributed by atoms with Crippen molar-refractivity contribution in [3.63, 3.8) is 0 Å². The molecule has 25 heavy (non-hydrogen) atoms. The first-order valence-electron chi connectivity index (χ1n) is 8.37. The second-order valence-electron chi connectivity index (χ2n) is 6.79. The maximum Gasteiger partial charge on any atom is 0.419 e. The third-order valence-electron chi connectivity index (χ3n) is 4.73. The highest BCUT2D eigenvalue weighted by atomic mass is 19.4. The Morgan fingerprint density at radius 1 is 1.20 bits per heavy atom. The molecule has 0 saturated carbocycles. The predicted molar refractivity (Wildman–Crippen MR) is 90.6 cm³/mol. The Morgan fingerprint density at radius 3 is 2.24 bits per heavy atom. The van der Waals surface area contributed by atoms with Gasteiger partial charge in [-0.3, -0.25) is 9.80 Å². The molecule has 1 aromatic rings. The summed E-state index contributed by atoms with van der Waals surface area (Å²) in [6.07, 6.45) is -4.70. The molecule has 0 spiro atoms. The summed E-state index contributed by atoms with van der Waals surface area (Å²) in [6, 6.07) is 3.47. The highest BCUT2D eigenvalue weighted by Gasteiger charge is 2.34. The molecular formula is C18H25F4N3. The molecule has 1 aliphatic heterocycles. The van der Waals surface area contributed by atoms with Crippen molar-refractivity contribution < 1.29 is 17.6 Å². The second-order valence-corrected chi connectivity index (χ2v) is 6.79. The van der Waals surface area contributed by atoms with Gasteiger partial charge in [0.2, 0.25) is 0 Å². The van der Waals surface area contributed by atoms with Gasteiger partial charge in [-0.05, 0) is 31.5 Å². The zero-order valence-electron chi connectivity index (χ0n) is 14.6. The van der Waals surface area contributed by atoms with E-state index in [0.29, 0.717) is 23.8 Å². The van der Waals surface area contributed by atoms with E-state index in [1.165, 1.54) is 6.07 Å². The van der Waals surface area contributed by atoms with Gasteiger partial charge in [-0.1, -0.05) is 12.6 Å². The zero-order chi connectivity index (χ0) is 18.8. The number of hydrogen-bond acceptors (Lipinski definition) is 3. The van der Waals surface area contributed by atoms with Crippen molar-refractivity contribution in [2.24, 2.45) is 5.73 Å². The van der Waals surface area contributed by atoms with Crippen molar-refractivity contribution in [2.75, 3.05) is 32.7 Å². The Kier molecular flexibility index (Phi) is 6.11. The summed E-state index contributed by atoms with van der Waals surface area (Å²) in [5.74, 6) is -1.68. The zero-order valence-corrected chi connectivity index (χ0v) is 14.6. The lowest BCUT2D eigenvalue weighted by Crippen LogP contribution is -2.49. The van der Waals surface area contributed by atoms with Gasteiger partial charge in [-0.2, -0.15) is 13.2 Å². The number of hydrogen-bond donors (Lipinski definition) is 1. The fourth-order valence-corrected chi connectivity index (χ4v) is 3.14. The highest BCUT2D eigenvalue weighted by molar-refractivity contribution is 5.32. The molecule has 0 radical (unpaired) electrons. The summed E-state index contributed by atoms with van der Waals surface area (Å²) in [7, 11) is 0. The average Bonchev–Trinajstić information content (AvgIpc) is 2.51. The largest absolute Gasteiger partial charge is 0.419 e. The minimum absolute atomic E-state index is 0.324. The van der Waals surface area contributed by atoms with Crippen molar-refractivity contribution in [3.05, 3.63) is 47.4 Å². The van der Waals surface area contributed by atoms with Crippen LogP contribution in [0.2, 0.25) is 0 Å². The van der Waals surface area contributed by atoms with Crippen LogP contribution in [0.25, 0.3) is 0 Å². The minimum atomic E-state index is -4.70. The Bertz CT molecular complexity index is 605. The van der Waals surface area contributed by atoms with Gasteiger partial charge in [0.1, 0.15) is 5.82 Å². The van der Waals surface area contributed by atoms with Crippen molar-refractivity contribution in [1.29, 1.82) is 0 Å². The first kappa shape index (κ1) is 19.7. The van der Waals surface area contributed by atoms with E-state index in [0.717, 1.165) is 38.3 Å². The van der Waals surface area contributed by atoms with E-state index in [2.05, 4.69) is 30.2 Å².